The highest BCUT2D eigenvalue weighted by atomic mass is 19.4. The van der Waals surface area contributed by atoms with Crippen molar-refractivity contribution < 1.29 is 26.7 Å². The zero-order chi connectivity index (χ0) is 19.9. The van der Waals surface area contributed by atoms with Crippen molar-refractivity contribution in [1.29, 1.82) is 0 Å². The van der Waals surface area contributed by atoms with Gasteiger partial charge in [0.2, 0.25) is 0 Å². The van der Waals surface area contributed by atoms with Crippen molar-refractivity contribution in [3.05, 3.63) is 51.8 Å². The molecule has 1 N–H and O–H groups in total. The molecule has 1 aromatic carbocycles. The van der Waals surface area contributed by atoms with E-state index in [0.717, 1.165) is 18.9 Å². The van der Waals surface area contributed by atoms with E-state index in [-0.39, 0.29) is 17.2 Å². The minimum Gasteiger partial charge on any atom is -0.348 e. The third kappa shape index (κ3) is 3.96. The van der Waals surface area contributed by atoms with Crippen LogP contribution in [0.4, 0.5) is 22.0 Å². The molecule has 1 heterocycles. The van der Waals surface area contributed by atoms with Crippen molar-refractivity contribution in [2.75, 3.05) is 0 Å². The van der Waals surface area contributed by atoms with Crippen LogP contribution in [0, 0.1) is 13.8 Å². The van der Waals surface area contributed by atoms with Gasteiger partial charge >= 0.3 is 6.18 Å². The second kappa shape index (κ2) is 6.94. The second-order valence-corrected chi connectivity index (χ2v) is 6.66. The zero-order valence-corrected chi connectivity index (χ0v) is 14.7. The second-order valence-electron chi connectivity index (χ2n) is 6.66. The van der Waals surface area contributed by atoms with Crippen LogP contribution in [0.25, 0.3) is 0 Å². The number of rotatable bonds is 5. The van der Waals surface area contributed by atoms with E-state index >= 15 is 0 Å². The van der Waals surface area contributed by atoms with Gasteiger partial charge in [-0.3, -0.25) is 9.48 Å². The molecule has 0 spiro atoms. The lowest BCUT2D eigenvalue weighted by Gasteiger charge is -2.14. The molecule has 0 saturated heterocycles. The summed E-state index contributed by atoms with van der Waals surface area (Å²) in [5.74, 6) is -0.857. The first-order chi connectivity index (χ1) is 12.6. The van der Waals surface area contributed by atoms with Crippen LogP contribution in [0.2, 0.25) is 0 Å². The minimum absolute atomic E-state index is 0.00217. The number of hydrogen-bond donors (Lipinski definition) is 1. The lowest BCUT2D eigenvalue weighted by atomic mass is 10.0. The molecule has 4 nitrogen and oxygen atoms in total. The van der Waals surface area contributed by atoms with E-state index in [4.69, 9.17) is 0 Å². The van der Waals surface area contributed by atoms with Gasteiger partial charge in [0.15, 0.2) is 0 Å². The van der Waals surface area contributed by atoms with Crippen LogP contribution in [0.1, 0.15) is 63.7 Å². The van der Waals surface area contributed by atoms with E-state index in [1.165, 1.54) is 23.7 Å². The highest BCUT2D eigenvalue weighted by molar-refractivity contribution is 5.96. The van der Waals surface area contributed by atoms with E-state index in [0.29, 0.717) is 11.3 Å². The Morgan fingerprint density at radius 1 is 1.30 bits per heavy atom. The predicted molar refractivity (Wildman–Crippen MR) is 87.5 cm³/mol. The maximum atomic E-state index is 13.3. The maximum absolute atomic E-state index is 13.3. The van der Waals surface area contributed by atoms with Crippen molar-refractivity contribution in [3.8, 4) is 0 Å². The molecule has 0 radical (unpaired) electrons. The number of carbonyl (C=O) groups excluding carboxylic acids is 1. The maximum Gasteiger partial charge on any atom is 0.416 e. The summed E-state index contributed by atoms with van der Waals surface area (Å²) in [6.07, 6.45) is -5.93. The average Bonchev–Trinajstić information content (AvgIpc) is 3.34. The molecule has 1 aliphatic rings. The van der Waals surface area contributed by atoms with E-state index in [1.807, 2.05) is 0 Å². The number of benzene rings is 1. The summed E-state index contributed by atoms with van der Waals surface area (Å²) < 4.78 is 67.4. The third-order valence-corrected chi connectivity index (χ3v) is 4.51. The summed E-state index contributed by atoms with van der Waals surface area (Å²) in [5, 5.41) is 6.18. The monoisotopic (exact) mass is 387 g/mol. The van der Waals surface area contributed by atoms with Gasteiger partial charge in [0.05, 0.1) is 17.2 Å². The Kier molecular flexibility index (Phi) is 4.96. The van der Waals surface area contributed by atoms with Gasteiger partial charge in [0.1, 0.15) is 5.69 Å². The Hall–Kier alpha value is -2.45. The van der Waals surface area contributed by atoms with Crippen molar-refractivity contribution in [2.24, 2.45) is 0 Å². The van der Waals surface area contributed by atoms with Gasteiger partial charge in [-0.15, -0.1) is 0 Å². The number of amides is 1. The van der Waals surface area contributed by atoms with Gasteiger partial charge in [-0.1, -0.05) is 17.7 Å². The lowest BCUT2D eigenvalue weighted by molar-refractivity contribution is -0.138. The first-order valence-electron chi connectivity index (χ1n) is 8.41. The first-order valence-corrected chi connectivity index (χ1v) is 8.41. The van der Waals surface area contributed by atoms with Crippen LogP contribution in [-0.2, 0) is 12.7 Å². The lowest BCUT2D eigenvalue weighted by Crippen LogP contribution is -2.26. The quantitative estimate of drug-likeness (QED) is 0.755. The molecular weight excluding hydrogens is 369 g/mol. The number of nitrogens with one attached hydrogen (secondary N) is 1. The van der Waals surface area contributed by atoms with Gasteiger partial charge < -0.3 is 5.32 Å². The molecule has 0 unspecified atom stereocenters. The van der Waals surface area contributed by atoms with E-state index in [1.54, 1.807) is 6.92 Å². The Balaban J connectivity index is 1.86. The normalized spacial score (nSPS) is 14.7. The molecule has 3 rings (SSSR count). The molecule has 1 aromatic heterocycles. The van der Waals surface area contributed by atoms with E-state index in [2.05, 4.69) is 10.4 Å². The van der Waals surface area contributed by atoms with Crippen molar-refractivity contribution in [1.82, 2.24) is 15.1 Å². The molecule has 1 fully saturated rings. The summed E-state index contributed by atoms with van der Waals surface area (Å²) >= 11 is 0. The van der Waals surface area contributed by atoms with Gasteiger partial charge in [-0.25, -0.2) is 8.78 Å². The average molecular weight is 387 g/mol. The highest BCUT2D eigenvalue weighted by Crippen LogP contribution is 2.38. The van der Waals surface area contributed by atoms with Crippen LogP contribution >= 0.6 is 0 Å². The topological polar surface area (TPSA) is 46.9 Å². The van der Waals surface area contributed by atoms with E-state index in [9.17, 15) is 26.7 Å². The fourth-order valence-electron chi connectivity index (χ4n) is 3.06. The standard InChI is InChI=1S/C18H18F5N3O/c1-9-3-6-13(18(21,22)23)11(7-9)8-24-17(27)14-10(2)26(12-4-5-12)25-15(14)16(19)20/h3,6-7,12,16H,4-5,8H2,1-2H3,(H,24,27). The van der Waals surface area contributed by atoms with Crippen molar-refractivity contribution >= 4 is 5.91 Å². The SMILES string of the molecule is Cc1ccc(C(F)(F)F)c(CNC(=O)c2c(C(F)F)nn(C3CC3)c2C)c1. The number of aryl methyl sites for hydroxylation is 1. The first kappa shape index (κ1) is 19.3. The number of hydrogen-bond acceptors (Lipinski definition) is 2. The molecule has 0 bridgehead atoms. The Labute approximate surface area is 152 Å². The Morgan fingerprint density at radius 3 is 2.52 bits per heavy atom. The Bertz CT molecular complexity index is 869. The summed E-state index contributed by atoms with van der Waals surface area (Å²) in [6, 6.07) is 3.58. The summed E-state index contributed by atoms with van der Waals surface area (Å²) in [4.78, 5) is 12.5. The van der Waals surface area contributed by atoms with Crippen molar-refractivity contribution in [2.45, 2.75) is 51.9 Å². The molecule has 1 amide bonds. The van der Waals surface area contributed by atoms with Gasteiger partial charge in [-0.05, 0) is 38.3 Å². The zero-order valence-electron chi connectivity index (χ0n) is 14.7. The fraction of sp³-hybridized carbons (Fsp3) is 0.444. The van der Waals surface area contributed by atoms with Crippen molar-refractivity contribution in [3.63, 3.8) is 0 Å². The molecule has 1 aliphatic carbocycles. The summed E-state index contributed by atoms with van der Waals surface area (Å²) in [5.41, 5.74) is -1.01. The number of alkyl halides is 5. The molecular formula is C18H18F5N3O. The van der Waals surface area contributed by atoms with Gasteiger partial charge in [0.25, 0.3) is 12.3 Å². The summed E-state index contributed by atoms with van der Waals surface area (Å²) in [6.45, 7) is 2.72. The molecule has 0 aliphatic heterocycles. The molecule has 27 heavy (non-hydrogen) atoms. The van der Waals surface area contributed by atoms with Crippen LogP contribution in [0.5, 0.6) is 0 Å². The fourth-order valence-corrected chi connectivity index (χ4v) is 3.06. The Morgan fingerprint density at radius 2 is 1.96 bits per heavy atom. The predicted octanol–water partition coefficient (Wildman–Crippen LogP) is 4.72. The minimum atomic E-state index is -4.57. The van der Waals surface area contributed by atoms with Crippen LogP contribution in [0.15, 0.2) is 18.2 Å². The molecule has 9 heteroatoms. The number of aromatic nitrogens is 2. The molecule has 0 atom stereocenters. The van der Waals surface area contributed by atoms with Crippen LogP contribution in [0.3, 0.4) is 0 Å². The van der Waals surface area contributed by atoms with Crippen LogP contribution in [-0.4, -0.2) is 15.7 Å². The molecule has 2 aromatic rings. The molecule has 146 valence electrons. The number of nitrogens with zero attached hydrogens (tertiary/aromatic N) is 2. The third-order valence-electron chi connectivity index (χ3n) is 4.51. The van der Waals surface area contributed by atoms with E-state index < -0.39 is 36.3 Å². The van der Waals surface area contributed by atoms with Crippen LogP contribution < -0.4 is 5.32 Å². The van der Waals surface area contributed by atoms with Gasteiger partial charge in [-0.2, -0.15) is 18.3 Å². The number of halogens is 5. The summed E-state index contributed by atoms with van der Waals surface area (Å²) in [7, 11) is 0. The molecule has 1 saturated carbocycles. The highest BCUT2D eigenvalue weighted by Gasteiger charge is 2.35. The number of carbonyl (C=O) groups is 1. The van der Waals surface area contributed by atoms with Gasteiger partial charge in [0, 0.05) is 12.2 Å². The largest absolute Gasteiger partial charge is 0.416 e. The smallest absolute Gasteiger partial charge is 0.348 e.